The highest BCUT2D eigenvalue weighted by molar-refractivity contribution is 6.30. The predicted octanol–water partition coefficient (Wildman–Crippen LogP) is 2.15. The Morgan fingerprint density at radius 2 is 1.82 bits per heavy atom. The number of hydrogen-bond donors (Lipinski definition) is 1. The van der Waals surface area contributed by atoms with Crippen molar-refractivity contribution in [3.8, 4) is 0 Å². The molecule has 0 aliphatic heterocycles. The summed E-state index contributed by atoms with van der Waals surface area (Å²) in [6.07, 6.45) is 1.13. The Morgan fingerprint density at radius 1 is 1.27 bits per heavy atom. The maximum atomic E-state index is 5.74. The number of benzene rings is 1. The van der Waals surface area contributed by atoms with Gasteiger partial charge < -0.3 is 5.73 Å². The van der Waals surface area contributed by atoms with E-state index in [-0.39, 0.29) is 0 Å². The largest absolute Gasteiger partial charge is 0.327 e. The molecule has 0 saturated heterocycles. The molecular weight excluding hydrogens is 158 g/mol. The molecule has 2 heteroatoms. The summed E-state index contributed by atoms with van der Waals surface area (Å²) in [6.45, 7) is 0. The molecule has 2 atom stereocenters. The third-order valence-electron chi connectivity index (χ3n) is 2.14. The van der Waals surface area contributed by atoms with Gasteiger partial charge >= 0.3 is 0 Å². The summed E-state index contributed by atoms with van der Waals surface area (Å²) >= 11 is 5.74. The zero-order valence-corrected chi connectivity index (χ0v) is 6.88. The SMILES string of the molecule is N[C@H]1C[C@@H]1c1ccc(Cl)cc1. The van der Waals surface area contributed by atoms with Gasteiger partial charge in [-0.05, 0) is 24.1 Å². The van der Waals surface area contributed by atoms with Crippen LogP contribution in [0, 0.1) is 0 Å². The Morgan fingerprint density at radius 3 is 2.27 bits per heavy atom. The summed E-state index contributed by atoms with van der Waals surface area (Å²) in [5.74, 6) is 0.590. The maximum absolute atomic E-state index is 5.74. The molecule has 11 heavy (non-hydrogen) atoms. The van der Waals surface area contributed by atoms with Crippen LogP contribution in [0.3, 0.4) is 0 Å². The first kappa shape index (κ1) is 7.14. The van der Waals surface area contributed by atoms with Gasteiger partial charge in [0.25, 0.3) is 0 Å². The van der Waals surface area contributed by atoms with Crippen molar-refractivity contribution in [3.05, 3.63) is 34.9 Å². The van der Waals surface area contributed by atoms with Crippen LogP contribution in [0.1, 0.15) is 17.9 Å². The number of rotatable bonds is 1. The summed E-state index contributed by atoms with van der Waals surface area (Å²) < 4.78 is 0. The fraction of sp³-hybridized carbons (Fsp3) is 0.333. The zero-order chi connectivity index (χ0) is 7.84. The van der Waals surface area contributed by atoms with Crippen LogP contribution < -0.4 is 5.73 Å². The van der Waals surface area contributed by atoms with Gasteiger partial charge in [-0.1, -0.05) is 23.7 Å². The quantitative estimate of drug-likeness (QED) is 0.682. The van der Waals surface area contributed by atoms with Crippen LogP contribution in [0.25, 0.3) is 0 Å². The van der Waals surface area contributed by atoms with Gasteiger partial charge in [-0.25, -0.2) is 0 Å². The van der Waals surface area contributed by atoms with Gasteiger partial charge in [0.15, 0.2) is 0 Å². The van der Waals surface area contributed by atoms with Crippen molar-refractivity contribution in [2.75, 3.05) is 0 Å². The second kappa shape index (κ2) is 2.50. The van der Waals surface area contributed by atoms with E-state index in [9.17, 15) is 0 Å². The maximum Gasteiger partial charge on any atom is 0.0406 e. The summed E-state index contributed by atoms with van der Waals surface area (Å²) in [4.78, 5) is 0. The molecule has 1 aromatic carbocycles. The lowest BCUT2D eigenvalue weighted by Crippen LogP contribution is -2.00. The lowest BCUT2D eigenvalue weighted by Gasteiger charge is -1.96. The average molecular weight is 168 g/mol. The van der Waals surface area contributed by atoms with E-state index >= 15 is 0 Å². The van der Waals surface area contributed by atoms with Gasteiger partial charge in [0.05, 0.1) is 0 Å². The molecule has 0 aromatic heterocycles. The summed E-state index contributed by atoms with van der Waals surface area (Å²) in [5, 5.41) is 0.794. The fourth-order valence-corrected chi connectivity index (χ4v) is 1.43. The van der Waals surface area contributed by atoms with Crippen LogP contribution in [0.5, 0.6) is 0 Å². The second-order valence-electron chi connectivity index (χ2n) is 3.06. The van der Waals surface area contributed by atoms with Crippen molar-refractivity contribution in [1.29, 1.82) is 0 Å². The Kier molecular flexibility index (Phi) is 1.63. The smallest absolute Gasteiger partial charge is 0.0406 e. The van der Waals surface area contributed by atoms with E-state index < -0.39 is 0 Å². The minimum atomic E-state index is 0.385. The lowest BCUT2D eigenvalue weighted by molar-refractivity contribution is 0.991. The fourth-order valence-electron chi connectivity index (χ4n) is 1.31. The first-order valence-corrected chi connectivity index (χ1v) is 4.16. The molecule has 1 fully saturated rings. The van der Waals surface area contributed by atoms with Gasteiger partial charge in [0.2, 0.25) is 0 Å². The highest BCUT2D eigenvalue weighted by Gasteiger charge is 2.34. The van der Waals surface area contributed by atoms with E-state index in [1.54, 1.807) is 0 Å². The minimum absolute atomic E-state index is 0.385. The number of hydrogen-bond acceptors (Lipinski definition) is 1. The summed E-state index contributed by atoms with van der Waals surface area (Å²) in [6, 6.07) is 8.33. The van der Waals surface area contributed by atoms with E-state index in [4.69, 9.17) is 17.3 Å². The lowest BCUT2D eigenvalue weighted by atomic mass is 10.1. The highest BCUT2D eigenvalue weighted by Crippen LogP contribution is 2.38. The molecule has 2 N–H and O–H groups in total. The summed E-state index contributed by atoms with van der Waals surface area (Å²) in [5.41, 5.74) is 7.02. The van der Waals surface area contributed by atoms with Crippen molar-refractivity contribution in [3.63, 3.8) is 0 Å². The van der Waals surface area contributed by atoms with Crippen LogP contribution in [-0.2, 0) is 0 Å². The molecule has 1 nitrogen and oxygen atoms in total. The molecule has 1 aliphatic carbocycles. The molecule has 0 amide bonds. The molecule has 58 valence electrons. The second-order valence-corrected chi connectivity index (χ2v) is 3.49. The number of nitrogens with two attached hydrogens (primary N) is 1. The third kappa shape index (κ3) is 1.39. The van der Waals surface area contributed by atoms with Gasteiger partial charge in [0, 0.05) is 17.0 Å². The Hall–Kier alpha value is -0.530. The topological polar surface area (TPSA) is 26.0 Å². The van der Waals surface area contributed by atoms with Gasteiger partial charge in [0.1, 0.15) is 0 Å². The van der Waals surface area contributed by atoms with Crippen LogP contribution >= 0.6 is 11.6 Å². The highest BCUT2D eigenvalue weighted by atomic mass is 35.5. The van der Waals surface area contributed by atoms with E-state index in [2.05, 4.69) is 12.1 Å². The number of halogens is 1. The molecule has 0 heterocycles. The minimum Gasteiger partial charge on any atom is -0.327 e. The van der Waals surface area contributed by atoms with Crippen LogP contribution in [0.2, 0.25) is 5.02 Å². The van der Waals surface area contributed by atoms with Crippen LogP contribution in [0.15, 0.2) is 24.3 Å². The van der Waals surface area contributed by atoms with Crippen molar-refractivity contribution < 1.29 is 0 Å². The molecule has 2 rings (SSSR count). The van der Waals surface area contributed by atoms with Crippen molar-refractivity contribution >= 4 is 11.6 Å². The van der Waals surface area contributed by atoms with Crippen LogP contribution in [0.4, 0.5) is 0 Å². The Balaban J connectivity index is 2.21. The molecule has 1 aliphatic rings. The Bertz CT molecular complexity index is 255. The average Bonchev–Trinajstić information content (AvgIpc) is 2.69. The Labute approximate surface area is 71.2 Å². The third-order valence-corrected chi connectivity index (χ3v) is 2.39. The molecule has 1 saturated carbocycles. The first-order valence-electron chi connectivity index (χ1n) is 3.78. The van der Waals surface area contributed by atoms with Gasteiger partial charge in [-0.15, -0.1) is 0 Å². The summed E-state index contributed by atoms with van der Waals surface area (Å²) in [7, 11) is 0. The van der Waals surface area contributed by atoms with Gasteiger partial charge in [-0.3, -0.25) is 0 Å². The first-order chi connectivity index (χ1) is 5.27. The molecule has 1 aromatic rings. The molecule has 0 unspecified atom stereocenters. The van der Waals surface area contributed by atoms with E-state index in [1.165, 1.54) is 5.56 Å². The monoisotopic (exact) mass is 167 g/mol. The molecule has 0 spiro atoms. The molecular formula is C9H10ClN. The van der Waals surface area contributed by atoms with Gasteiger partial charge in [-0.2, -0.15) is 0 Å². The molecule has 0 radical (unpaired) electrons. The predicted molar refractivity (Wildman–Crippen MR) is 46.8 cm³/mol. The normalized spacial score (nSPS) is 28.5. The zero-order valence-electron chi connectivity index (χ0n) is 6.13. The van der Waals surface area contributed by atoms with Crippen molar-refractivity contribution in [2.45, 2.75) is 18.4 Å². The van der Waals surface area contributed by atoms with E-state index in [0.29, 0.717) is 12.0 Å². The molecule has 0 bridgehead atoms. The standard InChI is InChI=1S/C9H10ClN/c10-7-3-1-6(2-4-7)8-5-9(8)11/h1-4,8-9H,5,11H2/t8-,9+/m1/s1. The van der Waals surface area contributed by atoms with Crippen LogP contribution in [-0.4, -0.2) is 6.04 Å². The van der Waals surface area contributed by atoms with Crippen molar-refractivity contribution in [2.24, 2.45) is 5.73 Å². The van der Waals surface area contributed by atoms with E-state index in [0.717, 1.165) is 11.4 Å². The van der Waals surface area contributed by atoms with E-state index in [1.807, 2.05) is 12.1 Å². The van der Waals surface area contributed by atoms with Crippen molar-refractivity contribution in [1.82, 2.24) is 0 Å².